The summed E-state index contributed by atoms with van der Waals surface area (Å²) in [5.41, 5.74) is 7.16. The van der Waals surface area contributed by atoms with E-state index in [0.29, 0.717) is 5.69 Å². The van der Waals surface area contributed by atoms with Crippen molar-refractivity contribution in [3.8, 4) is 0 Å². The lowest BCUT2D eigenvalue weighted by Gasteiger charge is -2.05. The van der Waals surface area contributed by atoms with Crippen LogP contribution in [-0.4, -0.2) is 11.9 Å². The van der Waals surface area contributed by atoms with Crippen molar-refractivity contribution >= 4 is 39.6 Å². The highest BCUT2D eigenvalue weighted by Gasteiger charge is 2.11. The quantitative estimate of drug-likeness (QED) is 0.736. The van der Waals surface area contributed by atoms with Crippen molar-refractivity contribution in [1.29, 1.82) is 0 Å². The van der Waals surface area contributed by atoms with E-state index in [1.165, 1.54) is 6.20 Å². The number of carbonyl (C=O) groups is 2. The SMILES string of the molecule is Nc1ccccc1C(=O)NC(=O)N/C=C/c1cccc(Br)c1. The van der Waals surface area contributed by atoms with Crippen LogP contribution in [0.15, 0.2) is 59.2 Å². The Kier molecular flexibility index (Phi) is 5.32. The predicted molar refractivity (Wildman–Crippen MR) is 90.0 cm³/mol. The molecule has 0 heterocycles. The van der Waals surface area contributed by atoms with Crippen LogP contribution in [0.5, 0.6) is 0 Å². The number of nitrogens with one attached hydrogen (secondary N) is 2. The molecule has 2 aromatic carbocycles. The molecule has 0 radical (unpaired) electrons. The lowest BCUT2D eigenvalue weighted by molar-refractivity contribution is 0.0965. The zero-order valence-electron chi connectivity index (χ0n) is 11.5. The molecule has 5 nitrogen and oxygen atoms in total. The lowest BCUT2D eigenvalue weighted by Crippen LogP contribution is -2.37. The van der Waals surface area contributed by atoms with E-state index in [-0.39, 0.29) is 5.56 Å². The van der Waals surface area contributed by atoms with Crippen LogP contribution in [0.4, 0.5) is 10.5 Å². The zero-order chi connectivity index (χ0) is 15.9. The van der Waals surface area contributed by atoms with Gasteiger partial charge in [-0.05, 0) is 35.9 Å². The summed E-state index contributed by atoms with van der Waals surface area (Å²) in [4.78, 5) is 23.5. The maximum absolute atomic E-state index is 11.9. The number of anilines is 1. The van der Waals surface area contributed by atoms with Gasteiger partial charge < -0.3 is 11.1 Å². The van der Waals surface area contributed by atoms with Crippen LogP contribution < -0.4 is 16.4 Å². The standard InChI is InChI=1S/C16H14BrN3O2/c17-12-5-3-4-11(10-12)8-9-19-16(22)20-15(21)13-6-1-2-7-14(13)18/h1-10H,18H2,(H2,19,20,21,22)/b9-8+. The second-order valence-corrected chi connectivity index (χ2v) is 5.32. The smallest absolute Gasteiger partial charge is 0.325 e. The molecule has 22 heavy (non-hydrogen) atoms. The van der Waals surface area contributed by atoms with Crippen LogP contribution in [0.3, 0.4) is 0 Å². The Labute approximate surface area is 136 Å². The number of benzene rings is 2. The third-order valence-corrected chi connectivity index (χ3v) is 3.26. The van der Waals surface area contributed by atoms with Gasteiger partial charge in [-0.1, -0.05) is 40.2 Å². The lowest BCUT2D eigenvalue weighted by atomic mass is 10.2. The van der Waals surface area contributed by atoms with Gasteiger partial charge in [0.25, 0.3) is 5.91 Å². The van der Waals surface area contributed by atoms with Crippen molar-refractivity contribution in [2.75, 3.05) is 5.73 Å². The van der Waals surface area contributed by atoms with Gasteiger partial charge in [-0.25, -0.2) is 4.79 Å². The first kappa shape index (κ1) is 15.8. The number of nitrogen functional groups attached to an aromatic ring is 1. The molecule has 0 aliphatic carbocycles. The van der Waals surface area contributed by atoms with Crippen LogP contribution in [0, 0.1) is 0 Å². The minimum atomic E-state index is -0.625. The highest BCUT2D eigenvalue weighted by atomic mass is 79.9. The van der Waals surface area contributed by atoms with Crippen LogP contribution in [-0.2, 0) is 0 Å². The Morgan fingerprint density at radius 3 is 2.59 bits per heavy atom. The average molecular weight is 360 g/mol. The number of amides is 3. The summed E-state index contributed by atoms with van der Waals surface area (Å²) in [6, 6.07) is 13.5. The fourth-order valence-electron chi connectivity index (χ4n) is 1.73. The number of imide groups is 1. The number of hydrogen-bond acceptors (Lipinski definition) is 3. The summed E-state index contributed by atoms with van der Waals surface area (Å²) in [6.07, 6.45) is 3.17. The minimum absolute atomic E-state index is 0.258. The number of rotatable bonds is 3. The Balaban J connectivity index is 1.91. The average Bonchev–Trinajstić information content (AvgIpc) is 2.47. The maximum atomic E-state index is 11.9. The molecule has 0 saturated carbocycles. The first-order valence-electron chi connectivity index (χ1n) is 6.45. The molecule has 112 valence electrons. The molecule has 0 atom stereocenters. The van der Waals surface area contributed by atoms with Gasteiger partial charge in [-0.15, -0.1) is 0 Å². The summed E-state index contributed by atoms with van der Waals surface area (Å²) in [5.74, 6) is -0.550. The Morgan fingerprint density at radius 2 is 1.86 bits per heavy atom. The third kappa shape index (κ3) is 4.46. The van der Waals surface area contributed by atoms with Crippen molar-refractivity contribution < 1.29 is 9.59 Å². The van der Waals surface area contributed by atoms with Gasteiger partial charge in [0.1, 0.15) is 0 Å². The largest absolute Gasteiger partial charge is 0.398 e. The normalized spacial score (nSPS) is 10.4. The highest BCUT2D eigenvalue weighted by Crippen LogP contribution is 2.12. The molecule has 2 aromatic rings. The van der Waals surface area contributed by atoms with Crippen LogP contribution in [0.2, 0.25) is 0 Å². The predicted octanol–water partition coefficient (Wildman–Crippen LogP) is 3.14. The number of halogens is 1. The molecule has 0 fully saturated rings. The van der Waals surface area contributed by atoms with Crippen molar-refractivity contribution in [3.63, 3.8) is 0 Å². The van der Waals surface area contributed by atoms with E-state index in [9.17, 15) is 9.59 Å². The molecule has 0 aliphatic heterocycles. The molecule has 6 heteroatoms. The van der Waals surface area contributed by atoms with Crippen molar-refractivity contribution in [2.24, 2.45) is 0 Å². The maximum Gasteiger partial charge on any atom is 0.325 e. The molecule has 0 unspecified atom stereocenters. The second kappa shape index (κ2) is 7.42. The minimum Gasteiger partial charge on any atom is -0.398 e. The molecule has 0 bridgehead atoms. The molecule has 0 aliphatic rings. The Bertz CT molecular complexity index is 729. The van der Waals surface area contributed by atoms with Gasteiger partial charge >= 0.3 is 6.03 Å². The van der Waals surface area contributed by atoms with E-state index in [1.54, 1.807) is 30.3 Å². The van der Waals surface area contributed by atoms with E-state index in [4.69, 9.17) is 5.73 Å². The van der Waals surface area contributed by atoms with Gasteiger partial charge in [0.15, 0.2) is 0 Å². The number of hydrogen-bond donors (Lipinski definition) is 3. The number of urea groups is 1. The fraction of sp³-hybridized carbons (Fsp3) is 0. The molecule has 3 amide bonds. The summed E-state index contributed by atoms with van der Waals surface area (Å²) in [5, 5.41) is 4.67. The van der Waals surface area contributed by atoms with Gasteiger partial charge in [0.2, 0.25) is 0 Å². The first-order chi connectivity index (χ1) is 10.6. The van der Waals surface area contributed by atoms with Gasteiger partial charge in [-0.3, -0.25) is 10.1 Å². The molecular formula is C16H14BrN3O2. The number of nitrogens with two attached hydrogens (primary N) is 1. The third-order valence-electron chi connectivity index (χ3n) is 2.77. The summed E-state index contributed by atoms with van der Waals surface area (Å²) in [7, 11) is 0. The fourth-order valence-corrected chi connectivity index (χ4v) is 2.15. The molecule has 0 saturated heterocycles. The van der Waals surface area contributed by atoms with E-state index in [1.807, 2.05) is 24.3 Å². The molecule has 4 N–H and O–H groups in total. The van der Waals surface area contributed by atoms with E-state index < -0.39 is 11.9 Å². The van der Waals surface area contributed by atoms with Crippen molar-refractivity contribution in [3.05, 3.63) is 70.3 Å². The Morgan fingerprint density at radius 1 is 1.09 bits per heavy atom. The first-order valence-corrected chi connectivity index (χ1v) is 7.24. The van der Waals surface area contributed by atoms with Crippen molar-refractivity contribution in [2.45, 2.75) is 0 Å². The van der Waals surface area contributed by atoms with E-state index in [0.717, 1.165) is 10.0 Å². The van der Waals surface area contributed by atoms with Crippen LogP contribution in [0.25, 0.3) is 6.08 Å². The van der Waals surface area contributed by atoms with Gasteiger partial charge in [-0.2, -0.15) is 0 Å². The van der Waals surface area contributed by atoms with E-state index in [2.05, 4.69) is 26.6 Å². The topological polar surface area (TPSA) is 84.2 Å². The molecule has 0 aromatic heterocycles. The van der Waals surface area contributed by atoms with E-state index >= 15 is 0 Å². The monoisotopic (exact) mass is 359 g/mol. The summed E-state index contributed by atoms with van der Waals surface area (Å²) >= 11 is 3.36. The summed E-state index contributed by atoms with van der Waals surface area (Å²) in [6.45, 7) is 0. The molecular weight excluding hydrogens is 346 g/mol. The van der Waals surface area contributed by atoms with Crippen molar-refractivity contribution in [1.82, 2.24) is 10.6 Å². The number of para-hydroxylation sites is 1. The highest BCUT2D eigenvalue weighted by molar-refractivity contribution is 9.10. The number of carbonyl (C=O) groups excluding carboxylic acids is 2. The second-order valence-electron chi connectivity index (χ2n) is 4.40. The molecule has 0 spiro atoms. The summed E-state index contributed by atoms with van der Waals surface area (Å²) < 4.78 is 0.939. The van der Waals surface area contributed by atoms with Crippen LogP contribution in [0.1, 0.15) is 15.9 Å². The van der Waals surface area contributed by atoms with Gasteiger partial charge in [0, 0.05) is 16.4 Å². The Hall–Kier alpha value is -2.60. The molecule has 2 rings (SSSR count). The van der Waals surface area contributed by atoms with Crippen LogP contribution >= 0.6 is 15.9 Å². The zero-order valence-corrected chi connectivity index (χ0v) is 13.1. The van der Waals surface area contributed by atoms with Gasteiger partial charge in [0.05, 0.1) is 5.56 Å².